The van der Waals surface area contributed by atoms with E-state index in [1.165, 1.54) is 0 Å². The van der Waals surface area contributed by atoms with Crippen molar-refractivity contribution in [1.29, 1.82) is 0 Å². The molecule has 0 saturated carbocycles. The van der Waals surface area contributed by atoms with E-state index in [4.69, 9.17) is 9.79 Å². The van der Waals surface area contributed by atoms with E-state index in [9.17, 15) is 4.57 Å². The molecule has 0 unspecified atom stereocenters. The van der Waals surface area contributed by atoms with Crippen LogP contribution >= 0.6 is 7.60 Å². The summed E-state index contributed by atoms with van der Waals surface area (Å²) in [5.74, 6) is 0. The first kappa shape index (κ1) is 13.1. The molecule has 0 saturated heterocycles. The van der Waals surface area contributed by atoms with Gasteiger partial charge in [0.15, 0.2) is 0 Å². The Morgan fingerprint density at radius 3 is 2.44 bits per heavy atom. The molecule has 0 aromatic heterocycles. The Labute approximate surface area is 95.4 Å². The van der Waals surface area contributed by atoms with Crippen molar-refractivity contribution in [2.75, 3.05) is 12.8 Å². The molecule has 0 aliphatic carbocycles. The number of benzene rings is 1. The maximum Gasteiger partial charge on any atom is 0.339 e. The second kappa shape index (κ2) is 5.97. The Hall–Kier alpha value is -0.930. The van der Waals surface area contributed by atoms with Gasteiger partial charge in [-0.1, -0.05) is 36.4 Å². The van der Waals surface area contributed by atoms with E-state index in [1.807, 2.05) is 30.3 Å². The van der Waals surface area contributed by atoms with Crippen LogP contribution in [0.3, 0.4) is 0 Å². The van der Waals surface area contributed by atoms with Gasteiger partial charge in [-0.05, 0) is 5.56 Å². The second-order valence-electron chi connectivity index (χ2n) is 3.59. The lowest BCUT2D eigenvalue weighted by atomic mass is 10.2. The van der Waals surface area contributed by atoms with Crippen LogP contribution in [-0.4, -0.2) is 27.5 Å². The van der Waals surface area contributed by atoms with Gasteiger partial charge in [0, 0.05) is 13.1 Å². The van der Waals surface area contributed by atoms with E-state index in [0.29, 0.717) is 13.1 Å². The summed E-state index contributed by atoms with van der Waals surface area (Å²) < 4.78 is 10.9. The maximum absolute atomic E-state index is 10.9. The lowest BCUT2D eigenvalue weighted by Gasteiger charge is -2.20. The van der Waals surface area contributed by atoms with Crippen molar-refractivity contribution in [2.45, 2.75) is 6.54 Å². The van der Waals surface area contributed by atoms with Crippen LogP contribution in [0.1, 0.15) is 5.56 Å². The molecule has 88 valence electrons. The minimum absolute atomic E-state index is 0.242. The summed E-state index contributed by atoms with van der Waals surface area (Å²) in [5.41, 5.74) is 1.03. The minimum atomic E-state index is -4.01. The van der Waals surface area contributed by atoms with Gasteiger partial charge in [0.2, 0.25) is 0 Å². The maximum atomic E-state index is 10.9. The van der Waals surface area contributed by atoms with E-state index >= 15 is 0 Å². The van der Waals surface area contributed by atoms with Gasteiger partial charge in [-0.25, -0.2) is 0 Å². The van der Waals surface area contributed by atoms with E-state index in [1.54, 1.807) is 11.0 Å². The smallest absolute Gasteiger partial charge is 0.324 e. The molecule has 1 aromatic carbocycles. The Balaban J connectivity index is 2.65. The van der Waals surface area contributed by atoms with Crippen molar-refractivity contribution in [1.82, 2.24) is 4.90 Å². The van der Waals surface area contributed by atoms with E-state index < -0.39 is 7.60 Å². The molecule has 1 aromatic rings. The van der Waals surface area contributed by atoms with Crippen LogP contribution in [0.15, 0.2) is 43.0 Å². The van der Waals surface area contributed by atoms with Crippen molar-refractivity contribution >= 4 is 7.60 Å². The molecule has 1 rings (SSSR count). The summed E-state index contributed by atoms with van der Waals surface area (Å²) >= 11 is 0. The van der Waals surface area contributed by atoms with Gasteiger partial charge in [-0.3, -0.25) is 9.46 Å². The predicted octanol–water partition coefficient (Wildman–Crippen LogP) is 1.81. The molecule has 4 nitrogen and oxygen atoms in total. The highest BCUT2D eigenvalue weighted by atomic mass is 31.2. The van der Waals surface area contributed by atoms with Crippen LogP contribution < -0.4 is 0 Å². The van der Waals surface area contributed by atoms with Gasteiger partial charge in [0.05, 0.1) is 0 Å². The zero-order chi connectivity index (χ0) is 12.0. The molecular formula is C11H16NO3P. The molecule has 0 spiro atoms. The highest BCUT2D eigenvalue weighted by Gasteiger charge is 2.18. The Morgan fingerprint density at radius 1 is 1.31 bits per heavy atom. The number of rotatable bonds is 6. The zero-order valence-corrected chi connectivity index (χ0v) is 9.88. The number of hydrogen-bond donors (Lipinski definition) is 2. The van der Waals surface area contributed by atoms with Crippen LogP contribution in [0.25, 0.3) is 0 Å². The molecule has 0 bridgehead atoms. The molecule has 0 amide bonds. The average Bonchev–Trinajstić information content (AvgIpc) is 2.17. The molecule has 0 aliphatic rings. The SMILES string of the molecule is C=CCN(Cc1ccccc1)CP(=O)(O)O. The summed E-state index contributed by atoms with van der Waals surface area (Å²) in [6.07, 6.45) is 1.40. The van der Waals surface area contributed by atoms with Gasteiger partial charge < -0.3 is 9.79 Å². The average molecular weight is 241 g/mol. The van der Waals surface area contributed by atoms with Gasteiger partial charge in [0.1, 0.15) is 6.29 Å². The summed E-state index contributed by atoms with van der Waals surface area (Å²) in [7, 11) is -4.01. The van der Waals surface area contributed by atoms with Crippen molar-refractivity contribution in [2.24, 2.45) is 0 Å². The third kappa shape index (κ3) is 5.24. The van der Waals surface area contributed by atoms with Crippen molar-refractivity contribution < 1.29 is 14.4 Å². The molecule has 0 radical (unpaired) electrons. The van der Waals surface area contributed by atoms with Crippen LogP contribution in [0, 0.1) is 0 Å². The van der Waals surface area contributed by atoms with Gasteiger partial charge in [-0.15, -0.1) is 6.58 Å². The van der Waals surface area contributed by atoms with E-state index in [2.05, 4.69) is 6.58 Å². The first-order valence-electron chi connectivity index (χ1n) is 4.93. The summed E-state index contributed by atoms with van der Waals surface area (Å²) in [6.45, 7) is 4.55. The Morgan fingerprint density at radius 2 is 1.94 bits per heavy atom. The van der Waals surface area contributed by atoms with Crippen LogP contribution in [0.4, 0.5) is 0 Å². The van der Waals surface area contributed by atoms with Crippen molar-refractivity contribution in [3.8, 4) is 0 Å². The second-order valence-corrected chi connectivity index (χ2v) is 5.20. The fourth-order valence-electron chi connectivity index (χ4n) is 1.46. The first-order chi connectivity index (χ1) is 7.51. The predicted molar refractivity (Wildman–Crippen MR) is 64.0 cm³/mol. The Kier molecular flexibility index (Phi) is 4.90. The molecule has 2 N–H and O–H groups in total. The van der Waals surface area contributed by atoms with Crippen LogP contribution in [-0.2, 0) is 11.1 Å². The van der Waals surface area contributed by atoms with Crippen molar-refractivity contribution in [3.63, 3.8) is 0 Å². The molecule has 0 heterocycles. The number of hydrogen-bond acceptors (Lipinski definition) is 2. The van der Waals surface area contributed by atoms with Gasteiger partial charge >= 0.3 is 7.60 Å². The fourth-order valence-corrected chi connectivity index (χ4v) is 2.19. The van der Waals surface area contributed by atoms with Crippen LogP contribution in [0.5, 0.6) is 0 Å². The highest BCUT2D eigenvalue weighted by molar-refractivity contribution is 7.51. The van der Waals surface area contributed by atoms with Crippen molar-refractivity contribution in [3.05, 3.63) is 48.6 Å². The first-order valence-corrected chi connectivity index (χ1v) is 6.73. The standard InChI is InChI=1S/C11H16NO3P/c1-2-8-12(10-16(13,14)15)9-11-6-4-3-5-7-11/h2-7H,1,8-10H2,(H2,13,14,15). The minimum Gasteiger partial charge on any atom is -0.324 e. The molecule has 0 fully saturated rings. The zero-order valence-electron chi connectivity index (χ0n) is 8.99. The molecule has 0 atom stereocenters. The third-order valence-corrected chi connectivity index (χ3v) is 2.79. The van der Waals surface area contributed by atoms with Gasteiger partial charge in [-0.2, -0.15) is 0 Å². The van der Waals surface area contributed by atoms with Crippen LogP contribution in [0.2, 0.25) is 0 Å². The summed E-state index contributed by atoms with van der Waals surface area (Å²) in [4.78, 5) is 19.5. The number of nitrogens with zero attached hydrogens (tertiary/aromatic N) is 1. The lowest BCUT2D eigenvalue weighted by Crippen LogP contribution is -2.24. The van der Waals surface area contributed by atoms with E-state index in [-0.39, 0.29) is 6.29 Å². The normalized spacial score (nSPS) is 11.7. The Bertz CT molecular complexity index is 374. The molecular weight excluding hydrogens is 225 g/mol. The molecule has 16 heavy (non-hydrogen) atoms. The molecule has 0 aliphatic heterocycles. The largest absolute Gasteiger partial charge is 0.339 e. The fraction of sp³-hybridized carbons (Fsp3) is 0.273. The lowest BCUT2D eigenvalue weighted by molar-refractivity contribution is 0.290. The summed E-state index contributed by atoms with van der Waals surface area (Å²) in [5, 5.41) is 0. The van der Waals surface area contributed by atoms with Gasteiger partial charge in [0.25, 0.3) is 0 Å². The highest BCUT2D eigenvalue weighted by Crippen LogP contribution is 2.35. The monoisotopic (exact) mass is 241 g/mol. The summed E-state index contributed by atoms with van der Waals surface area (Å²) in [6, 6.07) is 9.56. The topological polar surface area (TPSA) is 60.8 Å². The van der Waals surface area contributed by atoms with E-state index in [0.717, 1.165) is 5.56 Å². The molecule has 5 heteroatoms. The quantitative estimate of drug-likeness (QED) is 0.589. The third-order valence-electron chi connectivity index (χ3n) is 2.02.